The first-order chi connectivity index (χ1) is 20.9. The molecule has 0 bridgehead atoms. The van der Waals surface area contributed by atoms with Crippen LogP contribution >= 0.6 is 7.75 Å². The topological polar surface area (TPSA) is 121 Å². The molecule has 0 saturated carbocycles. The third kappa shape index (κ3) is 7.92. The zero-order chi connectivity index (χ0) is 32.5. The van der Waals surface area contributed by atoms with E-state index in [1.165, 1.54) is 7.11 Å². The molecule has 0 spiro atoms. The van der Waals surface area contributed by atoms with Gasteiger partial charge in [-0.15, -0.1) is 0 Å². The van der Waals surface area contributed by atoms with Gasteiger partial charge in [0.05, 0.1) is 20.8 Å². The molecular formula is C33H43N2O8P. The van der Waals surface area contributed by atoms with E-state index in [0.29, 0.717) is 51.6 Å². The predicted molar refractivity (Wildman–Crippen MR) is 171 cm³/mol. The summed E-state index contributed by atoms with van der Waals surface area (Å²) in [6.45, 7) is 10.8. The summed E-state index contributed by atoms with van der Waals surface area (Å²) in [7, 11) is -1.78. The average Bonchev–Trinajstić information content (AvgIpc) is 3.00. The fourth-order valence-electron chi connectivity index (χ4n) is 4.97. The largest absolute Gasteiger partial charge is 0.514 e. The van der Waals surface area contributed by atoms with Crippen LogP contribution in [-0.2, 0) is 23.6 Å². The SMILES string of the molecule is CCCC(NP(=O)(Oc1c(C)cccc1C)Oc1c(C)cccc1C)(C(=O)OCC)C(Nc1ccc(OC)cc1)C(=O)OC. The lowest BCUT2D eigenvalue weighted by Gasteiger charge is -2.40. The van der Waals surface area contributed by atoms with Crippen LogP contribution in [0.1, 0.15) is 48.9 Å². The van der Waals surface area contributed by atoms with E-state index in [0.717, 1.165) is 0 Å². The molecule has 0 aromatic heterocycles. The monoisotopic (exact) mass is 626 g/mol. The molecule has 2 atom stereocenters. The Labute approximate surface area is 260 Å². The molecule has 0 radical (unpaired) electrons. The maximum Gasteiger partial charge on any atom is 0.514 e. The smallest absolute Gasteiger partial charge is 0.497 e. The number of anilines is 1. The van der Waals surface area contributed by atoms with Crippen molar-refractivity contribution in [2.24, 2.45) is 0 Å². The Bertz CT molecular complexity index is 1400. The van der Waals surface area contributed by atoms with Gasteiger partial charge in [0.2, 0.25) is 0 Å². The standard InChI is InChI=1S/C33H43N2O8P/c1-9-21-33(32(37)41-10-2,30(31(36)40-8)34-26-17-19-27(39-7)20-18-26)35-44(38,42-28-22(3)13-11-14-23(28)4)43-29-24(5)15-12-16-25(29)6/h11-20,30,34H,9-10,21H2,1-8H3,(H,35,38). The minimum absolute atomic E-state index is 0.00221. The maximum absolute atomic E-state index is 15.2. The van der Waals surface area contributed by atoms with E-state index < -0.39 is 31.3 Å². The van der Waals surface area contributed by atoms with Crippen LogP contribution in [0.3, 0.4) is 0 Å². The van der Waals surface area contributed by atoms with Gasteiger partial charge in [0.1, 0.15) is 17.2 Å². The van der Waals surface area contributed by atoms with Gasteiger partial charge >= 0.3 is 19.7 Å². The maximum atomic E-state index is 15.2. The predicted octanol–water partition coefficient (Wildman–Crippen LogP) is 6.84. The Hall–Kier alpha value is -4.01. The molecule has 0 aliphatic heterocycles. The zero-order valence-corrected chi connectivity index (χ0v) is 27.6. The van der Waals surface area contributed by atoms with Crippen molar-refractivity contribution in [3.63, 3.8) is 0 Å². The Balaban J connectivity index is 2.27. The molecule has 0 saturated heterocycles. The number of para-hydroxylation sites is 2. The summed E-state index contributed by atoms with van der Waals surface area (Å²) in [6.07, 6.45) is 0.390. The number of esters is 2. The van der Waals surface area contributed by atoms with Crippen molar-refractivity contribution in [2.45, 2.75) is 66.0 Å². The van der Waals surface area contributed by atoms with E-state index >= 15 is 4.57 Å². The summed E-state index contributed by atoms with van der Waals surface area (Å²) < 4.78 is 43.7. The molecule has 11 heteroatoms. The Morgan fingerprint density at radius 3 is 1.73 bits per heavy atom. The Morgan fingerprint density at radius 2 is 1.32 bits per heavy atom. The number of rotatable bonds is 15. The van der Waals surface area contributed by atoms with Gasteiger partial charge in [0.15, 0.2) is 11.6 Å². The highest BCUT2D eigenvalue weighted by molar-refractivity contribution is 7.52. The Kier molecular flexibility index (Phi) is 11.9. The van der Waals surface area contributed by atoms with E-state index in [1.807, 2.05) is 71.0 Å². The average molecular weight is 627 g/mol. The molecule has 10 nitrogen and oxygen atoms in total. The summed E-state index contributed by atoms with van der Waals surface area (Å²) in [5, 5.41) is 6.06. The third-order valence-electron chi connectivity index (χ3n) is 7.19. The van der Waals surface area contributed by atoms with Crippen molar-refractivity contribution >= 4 is 25.4 Å². The van der Waals surface area contributed by atoms with Crippen LogP contribution in [0, 0.1) is 27.7 Å². The van der Waals surface area contributed by atoms with Gasteiger partial charge < -0.3 is 28.6 Å². The van der Waals surface area contributed by atoms with Crippen LogP contribution in [0.2, 0.25) is 0 Å². The third-order valence-corrected chi connectivity index (χ3v) is 8.71. The van der Waals surface area contributed by atoms with Crippen molar-refractivity contribution in [2.75, 3.05) is 26.1 Å². The van der Waals surface area contributed by atoms with Crippen LogP contribution in [0.15, 0.2) is 60.7 Å². The Morgan fingerprint density at radius 1 is 0.818 bits per heavy atom. The molecule has 3 aromatic carbocycles. The van der Waals surface area contributed by atoms with Crippen molar-refractivity contribution in [3.8, 4) is 17.2 Å². The molecule has 238 valence electrons. The fraction of sp³-hybridized carbons (Fsp3) is 0.394. The minimum atomic E-state index is -4.54. The molecule has 2 unspecified atom stereocenters. The van der Waals surface area contributed by atoms with Crippen molar-refractivity contribution in [1.29, 1.82) is 0 Å². The second-order valence-corrected chi connectivity index (χ2v) is 12.1. The molecule has 0 amide bonds. The first-order valence-corrected chi connectivity index (χ1v) is 16.0. The summed E-state index contributed by atoms with van der Waals surface area (Å²) in [4.78, 5) is 27.6. The van der Waals surface area contributed by atoms with Crippen LogP contribution < -0.4 is 24.2 Å². The van der Waals surface area contributed by atoms with Crippen molar-refractivity contribution < 1.29 is 37.4 Å². The molecule has 0 aliphatic rings. The summed E-state index contributed by atoms with van der Waals surface area (Å²) >= 11 is 0. The molecule has 2 N–H and O–H groups in total. The number of ether oxygens (including phenoxy) is 3. The number of aryl methyl sites for hydroxylation is 4. The van der Waals surface area contributed by atoms with Gasteiger partial charge in [-0.2, -0.15) is 5.09 Å². The molecule has 0 heterocycles. The normalized spacial score (nSPS) is 13.3. The number of nitrogens with one attached hydrogen (secondary N) is 2. The highest BCUT2D eigenvalue weighted by Crippen LogP contribution is 2.51. The number of hydrogen-bond acceptors (Lipinski definition) is 9. The lowest BCUT2D eigenvalue weighted by molar-refractivity contribution is -0.157. The number of methoxy groups -OCH3 is 2. The van der Waals surface area contributed by atoms with Gasteiger partial charge in [0, 0.05) is 5.69 Å². The van der Waals surface area contributed by atoms with E-state index in [4.69, 9.17) is 23.3 Å². The number of hydrogen-bond donors (Lipinski definition) is 2. The van der Waals surface area contributed by atoms with Crippen LogP contribution in [0.25, 0.3) is 0 Å². The van der Waals surface area contributed by atoms with E-state index in [-0.39, 0.29) is 13.0 Å². The second kappa shape index (κ2) is 15.1. The summed E-state index contributed by atoms with van der Waals surface area (Å²) in [6, 6.07) is 16.4. The van der Waals surface area contributed by atoms with Gasteiger partial charge in [0.25, 0.3) is 0 Å². The first-order valence-electron chi connectivity index (χ1n) is 14.5. The van der Waals surface area contributed by atoms with Gasteiger partial charge in [-0.3, -0.25) is 0 Å². The number of carbonyl (C=O) groups is 2. The zero-order valence-electron chi connectivity index (χ0n) is 26.7. The fourth-order valence-corrected chi connectivity index (χ4v) is 6.98. The molecule has 0 fully saturated rings. The highest BCUT2D eigenvalue weighted by Gasteiger charge is 2.56. The van der Waals surface area contributed by atoms with E-state index in [9.17, 15) is 9.59 Å². The van der Waals surface area contributed by atoms with Gasteiger partial charge in [-0.1, -0.05) is 49.7 Å². The van der Waals surface area contributed by atoms with Crippen LogP contribution in [0.4, 0.5) is 5.69 Å². The molecule has 0 aliphatic carbocycles. The minimum Gasteiger partial charge on any atom is -0.497 e. The summed E-state index contributed by atoms with van der Waals surface area (Å²) in [5.74, 6) is -0.376. The van der Waals surface area contributed by atoms with E-state index in [1.54, 1.807) is 38.3 Å². The molecule has 44 heavy (non-hydrogen) atoms. The first kappa shape index (κ1) is 34.5. The highest BCUT2D eigenvalue weighted by atomic mass is 31.2. The van der Waals surface area contributed by atoms with Crippen molar-refractivity contribution in [1.82, 2.24) is 5.09 Å². The molecular weight excluding hydrogens is 583 g/mol. The lowest BCUT2D eigenvalue weighted by Crippen LogP contribution is -2.65. The number of benzene rings is 3. The molecule has 3 rings (SSSR count). The summed E-state index contributed by atoms with van der Waals surface area (Å²) in [5.41, 5.74) is 1.32. The van der Waals surface area contributed by atoms with Gasteiger partial charge in [-0.25, -0.2) is 14.2 Å². The molecule has 3 aromatic rings. The van der Waals surface area contributed by atoms with E-state index in [2.05, 4.69) is 10.4 Å². The van der Waals surface area contributed by atoms with Crippen LogP contribution in [-0.4, -0.2) is 44.3 Å². The lowest BCUT2D eigenvalue weighted by atomic mass is 9.86. The van der Waals surface area contributed by atoms with Crippen molar-refractivity contribution in [3.05, 3.63) is 82.9 Å². The van der Waals surface area contributed by atoms with Gasteiger partial charge in [-0.05, 0) is 87.6 Å². The quantitative estimate of drug-likeness (QED) is 0.137. The number of carbonyl (C=O) groups excluding carboxylic acids is 2. The van der Waals surface area contributed by atoms with Crippen LogP contribution in [0.5, 0.6) is 17.2 Å². The second-order valence-electron chi connectivity index (χ2n) is 10.5.